The molecule has 0 fully saturated rings. The van der Waals surface area contributed by atoms with E-state index in [9.17, 15) is 4.79 Å². The number of hydrogen-bond donors (Lipinski definition) is 1. The van der Waals surface area contributed by atoms with Crippen LogP contribution >= 0.6 is 22.7 Å². The molecule has 0 unspecified atom stereocenters. The van der Waals surface area contributed by atoms with Gasteiger partial charge < -0.3 is 5.32 Å². The summed E-state index contributed by atoms with van der Waals surface area (Å²) in [7, 11) is 0. The minimum Gasteiger partial charge on any atom is -0.347 e. The molecule has 0 spiro atoms. The maximum Gasteiger partial charge on any atom is 0.271 e. The Labute approximate surface area is 159 Å². The fourth-order valence-electron chi connectivity index (χ4n) is 2.51. The minimum absolute atomic E-state index is 0.169. The van der Waals surface area contributed by atoms with Gasteiger partial charge in [-0.3, -0.25) is 9.78 Å². The van der Waals surface area contributed by atoms with Crippen LogP contribution in [0.25, 0.3) is 21.1 Å². The van der Waals surface area contributed by atoms with E-state index < -0.39 is 0 Å². The van der Waals surface area contributed by atoms with Crippen molar-refractivity contribution in [2.75, 3.05) is 0 Å². The second-order valence-corrected chi connectivity index (χ2v) is 7.42. The number of carbonyl (C=O) groups is 1. The number of benzene rings is 1. The lowest BCUT2D eigenvalue weighted by Crippen LogP contribution is -2.23. The van der Waals surface area contributed by atoms with Gasteiger partial charge in [0.15, 0.2) is 0 Å². The standard InChI is InChI=1S/C20H15N3OS2/c24-19(17-13-26-20(23-17)15-5-2-1-3-6-15)22-12-14-8-9-21-16(11-14)18-7-4-10-25-18/h1-11,13H,12H2,(H,22,24). The van der Waals surface area contributed by atoms with E-state index in [0.29, 0.717) is 12.2 Å². The van der Waals surface area contributed by atoms with Gasteiger partial charge >= 0.3 is 0 Å². The average Bonchev–Trinajstić information content (AvgIpc) is 3.39. The molecule has 0 aliphatic rings. The van der Waals surface area contributed by atoms with Crippen LogP contribution < -0.4 is 5.32 Å². The predicted molar refractivity (Wildman–Crippen MR) is 106 cm³/mol. The van der Waals surface area contributed by atoms with E-state index in [0.717, 1.165) is 26.7 Å². The molecule has 1 aromatic carbocycles. The Hall–Kier alpha value is -2.83. The van der Waals surface area contributed by atoms with Gasteiger partial charge in [-0.25, -0.2) is 4.98 Å². The normalized spacial score (nSPS) is 10.6. The van der Waals surface area contributed by atoms with Gasteiger partial charge in [-0.05, 0) is 29.1 Å². The Morgan fingerprint density at radius 1 is 1.04 bits per heavy atom. The third kappa shape index (κ3) is 3.71. The van der Waals surface area contributed by atoms with Gasteiger partial charge in [0.2, 0.25) is 0 Å². The molecule has 128 valence electrons. The van der Waals surface area contributed by atoms with Crippen LogP contribution in [0.1, 0.15) is 16.1 Å². The molecule has 26 heavy (non-hydrogen) atoms. The third-order valence-corrected chi connectivity index (χ3v) is 5.59. The average molecular weight is 377 g/mol. The van der Waals surface area contributed by atoms with Crippen molar-refractivity contribution in [3.8, 4) is 21.1 Å². The Kier molecular flexibility index (Phi) is 4.86. The van der Waals surface area contributed by atoms with Gasteiger partial charge in [0.05, 0.1) is 10.6 Å². The molecule has 4 rings (SSSR count). The van der Waals surface area contributed by atoms with Gasteiger partial charge in [-0.2, -0.15) is 0 Å². The van der Waals surface area contributed by atoms with Crippen LogP contribution in [0.2, 0.25) is 0 Å². The zero-order valence-corrected chi connectivity index (χ0v) is 15.4. The fourth-order valence-corrected chi connectivity index (χ4v) is 4.01. The topological polar surface area (TPSA) is 54.9 Å². The zero-order valence-electron chi connectivity index (χ0n) is 13.8. The third-order valence-electron chi connectivity index (χ3n) is 3.81. The molecule has 0 radical (unpaired) electrons. The summed E-state index contributed by atoms with van der Waals surface area (Å²) < 4.78 is 0. The number of nitrogens with zero attached hydrogens (tertiary/aromatic N) is 2. The molecule has 0 atom stereocenters. The number of thiazole rings is 1. The van der Waals surface area contributed by atoms with Crippen molar-refractivity contribution < 1.29 is 4.79 Å². The number of pyridine rings is 1. The van der Waals surface area contributed by atoms with Crippen LogP contribution in [0, 0.1) is 0 Å². The number of thiophene rings is 1. The first kappa shape index (κ1) is 16.6. The van der Waals surface area contributed by atoms with Gasteiger partial charge in [-0.1, -0.05) is 36.4 Å². The minimum atomic E-state index is -0.169. The van der Waals surface area contributed by atoms with Gasteiger partial charge in [-0.15, -0.1) is 22.7 Å². The number of carbonyl (C=O) groups excluding carboxylic acids is 1. The number of hydrogen-bond acceptors (Lipinski definition) is 5. The molecular weight excluding hydrogens is 362 g/mol. The van der Waals surface area contributed by atoms with Crippen LogP contribution in [0.15, 0.2) is 71.6 Å². The highest BCUT2D eigenvalue weighted by Gasteiger charge is 2.12. The van der Waals surface area contributed by atoms with Crippen molar-refractivity contribution in [1.29, 1.82) is 0 Å². The predicted octanol–water partition coefficient (Wildman–Crippen LogP) is 4.86. The van der Waals surface area contributed by atoms with E-state index in [1.807, 2.05) is 60.0 Å². The molecule has 1 amide bonds. The Bertz CT molecular complexity index is 1010. The van der Waals surface area contributed by atoms with E-state index >= 15 is 0 Å². The molecule has 3 aromatic heterocycles. The first-order chi connectivity index (χ1) is 12.8. The lowest BCUT2D eigenvalue weighted by atomic mass is 10.2. The molecule has 0 bridgehead atoms. The largest absolute Gasteiger partial charge is 0.347 e. The highest BCUT2D eigenvalue weighted by Crippen LogP contribution is 2.24. The molecule has 0 aliphatic carbocycles. The van der Waals surface area contributed by atoms with E-state index in [2.05, 4.69) is 15.3 Å². The second-order valence-electron chi connectivity index (χ2n) is 5.61. The fraction of sp³-hybridized carbons (Fsp3) is 0.0500. The van der Waals surface area contributed by atoms with E-state index in [4.69, 9.17) is 0 Å². The summed E-state index contributed by atoms with van der Waals surface area (Å²) in [5, 5.41) is 7.60. The van der Waals surface area contributed by atoms with E-state index in [1.165, 1.54) is 11.3 Å². The monoisotopic (exact) mass is 377 g/mol. The maximum absolute atomic E-state index is 12.4. The van der Waals surface area contributed by atoms with Crippen molar-refractivity contribution in [3.63, 3.8) is 0 Å². The summed E-state index contributed by atoms with van der Waals surface area (Å²) in [4.78, 5) is 22.3. The Balaban J connectivity index is 1.43. The van der Waals surface area contributed by atoms with Crippen molar-refractivity contribution in [1.82, 2.24) is 15.3 Å². The lowest BCUT2D eigenvalue weighted by molar-refractivity contribution is 0.0946. The summed E-state index contributed by atoms with van der Waals surface area (Å²) in [6.07, 6.45) is 1.77. The Morgan fingerprint density at radius 2 is 1.92 bits per heavy atom. The summed E-state index contributed by atoms with van der Waals surface area (Å²) in [5.74, 6) is -0.169. The molecule has 0 aliphatic heterocycles. The SMILES string of the molecule is O=C(NCc1ccnc(-c2cccs2)c1)c1csc(-c2ccccc2)n1. The molecule has 4 aromatic rings. The maximum atomic E-state index is 12.4. The highest BCUT2D eigenvalue weighted by atomic mass is 32.1. The number of aromatic nitrogens is 2. The quantitative estimate of drug-likeness (QED) is 0.540. The van der Waals surface area contributed by atoms with Crippen LogP contribution in [0.4, 0.5) is 0 Å². The highest BCUT2D eigenvalue weighted by molar-refractivity contribution is 7.13. The van der Waals surface area contributed by atoms with Gasteiger partial charge in [0.1, 0.15) is 10.7 Å². The van der Waals surface area contributed by atoms with Crippen LogP contribution in [-0.4, -0.2) is 15.9 Å². The molecule has 6 heteroatoms. The van der Waals surface area contributed by atoms with Gasteiger partial charge in [0.25, 0.3) is 5.91 Å². The first-order valence-electron chi connectivity index (χ1n) is 8.07. The second kappa shape index (κ2) is 7.59. The smallest absolute Gasteiger partial charge is 0.271 e. The van der Waals surface area contributed by atoms with Crippen LogP contribution in [0.3, 0.4) is 0 Å². The van der Waals surface area contributed by atoms with Gasteiger partial charge in [0, 0.05) is 23.7 Å². The summed E-state index contributed by atoms with van der Waals surface area (Å²) in [5.41, 5.74) is 3.40. The van der Waals surface area contributed by atoms with Crippen molar-refractivity contribution >= 4 is 28.6 Å². The molecule has 4 nitrogen and oxygen atoms in total. The number of nitrogens with one attached hydrogen (secondary N) is 1. The Morgan fingerprint density at radius 3 is 2.73 bits per heavy atom. The molecule has 0 saturated heterocycles. The molecule has 0 saturated carbocycles. The van der Waals surface area contributed by atoms with Crippen LogP contribution in [-0.2, 0) is 6.54 Å². The van der Waals surface area contributed by atoms with Crippen LogP contribution in [0.5, 0.6) is 0 Å². The summed E-state index contributed by atoms with van der Waals surface area (Å²) in [6.45, 7) is 0.442. The number of amides is 1. The van der Waals surface area contributed by atoms with Crippen molar-refractivity contribution in [2.24, 2.45) is 0 Å². The zero-order chi connectivity index (χ0) is 17.8. The summed E-state index contributed by atoms with van der Waals surface area (Å²) in [6, 6.07) is 17.8. The molecule has 3 heterocycles. The van der Waals surface area contributed by atoms with E-state index in [-0.39, 0.29) is 5.91 Å². The van der Waals surface area contributed by atoms with Crippen molar-refractivity contribution in [2.45, 2.75) is 6.54 Å². The molecule has 1 N–H and O–H groups in total. The number of rotatable bonds is 5. The van der Waals surface area contributed by atoms with Crippen molar-refractivity contribution in [3.05, 3.63) is 82.8 Å². The lowest BCUT2D eigenvalue weighted by Gasteiger charge is -2.05. The summed E-state index contributed by atoms with van der Waals surface area (Å²) >= 11 is 3.12. The molecular formula is C20H15N3OS2. The first-order valence-corrected chi connectivity index (χ1v) is 9.83. The van der Waals surface area contributed by atoms with E-state index in [1.54, 1.807) is 22.9 Å².